The van der Waals surface area contributed by atoms with Crippen LogP contribution in [0, 0.1) is 10.1 Å². The van der Waals surface area contributed by atoms with Crippen LogP contribution in [-0.2, 0) is 14.2 Å². The van der Waals surface area contributed by atoms with Crippen molar-refractivity contribution in [1.29, 1.82) is 0 Å². The Morgan fingerprint density at radius 3 is 2.21 bits per heavy atom. The van der Waals surface area contributed by atoms with Crippen LogP contribution in [0.4, 0.5) is 5.69 Å². The molecule has 162 valence electrons. The first kappa shape index (κ1) is 21.8. The van der Waals surface area contributed by atoms with Crippen LogP contribution in [0.2, 0.25) is 0 Å². The van der Waals surface area contributed by atoms with Gasteiger partial charge in [-0.05, 0) is 19.1 Å². The summed E-state index contributed by atoms with van der Waals surface area (Å²) >= 11 is 0. The summed E-state index contributed by atoms with van der Waals surface area (Å²) in [5, 5.41) is 60.8. The van der Waals surface area contributed by atoms with E-state index >= 15 is 0 Å². The number of rotatable bonds is 5. The molecule has 0 spiro atoms. The lowest BCUT2D eigenvalue weighted by Crippen LogP contribution is -2.61. The predicted octanol–water partition coefficient (Wildman–Crippen LogP) is -1.74. The van der Waals surface area contributed by atoms with Gasteiger partial charge in [-0.3, -0.25) is 10.1 Å². The average molecular weight is 417 g/mol. The van der Waals surface area contributed by atoms with Gasteiger partial charge >= 0.3 is 0 Å². The Balaban J connectivity index is 1.59. The molecule has 2 heterocycles. The van der Waals surface area contributed by atoms with Crippen molar-refractivity contribution in [2.75, 3.05) is 6.61 Å². The zero-order valence-electron chi connectivity index (χ0n) is 15.3. The molecule has 0 amide bonds. The van der Waals surface area contributed by atoms with Crippen molar-refractivity contribution >= 4 is 5.69 Å². The van der Waals surface area contributed by atoms with Gasteiger partial charge in [0.1, 0.15) is 42.4 Å². The van der Waals surface area contributed by atoms with Crippen molar-refractivity contribution in [3.05, 3.63) is 34.4 Å². The van der Waals surface area contributed by atoms with Gasteiger partial charge in [-0.15, -0.1) is 0 Å². The molecule has 0 radical (unpaired) electrons. The molecule has 0 aromatic heterocycles. The number of ether oxygens (including phenoxy) is 4. The van der Waals surface area contributed by atoms with E-state index < -0.39 is 60.2 Å². The topological polar surface area (TPSA) is 181 Å². The quantitative estimate of drug-likeness (QED) is 0.271. The molecule has 12 heteroatoms. The van der Waals surface area contributed by atoms with Gasteiger partial charge in [0.2, 0.25) is 6.29 Å². The minimum Gasteiger partial charge on any atom is -0.462 e. The van der Waals surface area contributed by atoms with E-state index in [1.807, 2.05) is 0 Å². The summed E-state index contributed by atoms with van der Waals surface area (Å²) < 4.78 is 21.5. The number of benzene rings is 1. The van der Waals surface area contributed by atoms with Gasteiger partial charge in [0.05, 0.1) is 17.6 Å². The maximum Gasteiger partial charge on any atom is 0.269 e. The number of nitro benzene ring substituents is 1. The highest BCUT2D eigenvalue weighted by atomic mass is 16.7. The SMILES string of the molecule is C[C@@H]1O[C@@H](O[C@@H]2CO[C@@H](Oc3ccc([N+](=O)[O-])cc3)[C@H](O)[C@H]2O)[C@@H](O)[C@H](O)[C@@H]1O. The number of non-ortho nitro benzene ring substituents is 1. The highest BCUT2D eigenvalue weighted by molar-refractivity contribution is 5.36. The van der Waals surface area contributed by atoms with Gasteiger partial charge in [0, 0.05) is 12.1 Å². The molecule has 2 saturated heterocycles. The van der Waals surface area contributed by atoms with Gasteiger partial charge in [-0.25, -0.2) is 0 Å². The van der Waals surface area contributed by atoms with E-state index in [2.05, 4.69) is 0 Å². The van der Waals surface area contributed by atoms with Crippen LogP contribution < -0.4 is 4.74 Å². The van der Waals surface area contributed by atoms with Gasteiger partial charge in [-0.2, -0.15) is 0 Å². The molecule has 2 aliphatic rings. The molecule has 0 unspecified atom stereocenters. The van der Waals surface area contributed by atoms with E-state index in [0.29, 0.717) is 0 Å². The summed E-state index contributed by atoms with van der Waals surface area (Å²) in [5.74, 6) is 0.184. The van der Waals surface area contributed by atoms with Gasteiger partial charge in [0.25, 0.3) is 5.69 Å². The first-order valence-corrected chi connectivity index (χ1v) is 8.93. The zero-order valence-corrected chi connectivity index (χ0v) is 15.3. The normalized spacial score (nSPS) is 40.4. The van der Waals surface area contributed by atoms with Crippen LogP contribution in [0.1, 0.15) is 6.92 Å². The van der Waals surface area contributed by atoms with Crippen molar-refractivity contribution in [1.82, 2.24) is 0 Å². The summed E-state index contributed by atoms with van der Waals surface area (Å²) in [5.41, 5.74) is -0.136. The summed E-state index contributed by atoms with van der Waals surface area (Å²) in [6.45, 7) is 1.24. The number of aliphatic hydroxyl groups is 5. The molecule has 5 N–H and O–H groups in total. The van der Waals surface area contributed by atoms with Crippen molar-refractivity contribution in [2.45, 2.75) is 62.2 Å². The van der Waals surface area contributed by atoms with Crippen molar-refractivity contribution in [3.8, 4) is 5.75 Å². The van der Waals surface area contributed by atoms with Crippen LogP contribution in [-0.4, -0.2) is 92.4 Å². The average Bonchev–Trinajstić information content (AvgIpc) is 2.70. The summed E-state index contributed by atoms with van der Waals surface area (Å²) in [6, 6.07) is 5.08. The summed E-state index contributed by atoms with van der Waals surface area (Å²) in [4.78, 5) is 10.1. The lowest BCUT2D eigenvalue weighted by Gasteiger charge is -2.43. The fourth-order valence-electron chi connectivity index (χ4n) is 3.07. The molecular formula is C17H23NO11. The smallest absolute Gasteiger partial charge is 0.269 e. The molecular weight excluding hydrogens is 394 g/mol. The Kier molecular flexibility index (Phi) is 6.65. The molecule has 0 bridgehead atoms. The minimum absolute atomic E-state index is 0.136. The Labute approximate surface area is 165 Å². The number of hydrogen-bond donors (Lipinski definition) is 5. The van der Waals surface area contributed by atoms with Crippen LogP contribution in [0.5, 0.6) is 5.75 Å². The third kappa shape index (κ3) is 4.65. The standard InChI is InChI=1S/C17H23NO11/c1-7-11(19)13(21)15(23)17(27-7)29-10-6-26-16(14(22)12(10)20)28-9-4-2-8(3-5-9)18(24)25/h2-5,7,10-17,19-23H,6H2,1H3/t7-,10+,11+,12-,13+,14+,15-,16-,17-/m0/s1. The minimum atomic E-state index is -1.57. The number of nitrogens with zero attached hydrogens (tertiary/aromatic N) is 1. The lowest BCUT2D eigenvalue weighted by atomic mass is 9.99. The van der Waals surface area contributed by atoms with E-state index in [0.717, 1.165) is 0 Å². The fraction of sp³-hybridized carbons (Fsp3) is 0.647. The van der Waals surface area contributed by atoms with Gasteiger partial charge < -0.3 is 44.5 Å². The maximum atomic E-state index is 10.7. The Bertz CT molecular complexity index is 701. The second-order valence-corrected chi connectivity index (χ2v) is 6.91. The number of hydrogen-bond acceptors (Lipinski definition) is 11. The molecule has 9 atom stereocenters. The van der Waals surface area contributed by atoms with E-state index in [1.54, 1.807) is 0 Å². The van der Waals surface area contributed by atoms with Crippen LogP contribution in [0.15, 0.2) is 24.3 Å². The van der Waals surface area contributed by atoms with E-state index in [1.165, 1.54) is 31.2 Å². The van der Waals surface area contributed by atoms with E-state index in [9.17, 15) is 35.6 Å². The molecule has 2 fully saturated rings. The van der Waals surface area contributed by atoms with Crippen LogP contribution in [0.3, 0.4) is 0 Å². The Hall–Kier alpha value is -1.90. The largest absolute Gasteiger partial charge is 0.462 e. The lowest BCUT2D eigenvalue weighted by molar-refractivity contribution is -0.384. The van der Waals surface area contributed by atoms with E-state index in [4.69, 9.17) is 18.9 Å². The first-order valence-electron chi connectivity index (χ1n) is 8.93. The molecule has 3 rings (SSSR count). The molecule has 1 aromatic carbocycles. The molecule has 0 saturated carbocycles. The zero-order chi connectivity index (χ0) is 21.3. The second-order valence-electron chi connectivity index (χ2n) is 6.91. The molecule has 29 heavy (non-hydrogen) atoms. The molecule has 0 aliphatic carbocycles. The van der Waals surface area contributed by atoms with Crippen molar-refractivity contribution in [2.24, 2.45) is 0 Å². The Morgan fingerprint density at radius 1 is 0.966 bits per heavy atom. The van der Waals surface area contributed by atoms with Gasteiger partial charge in [-0.1, -0.05) is 0 Å². The molecule has 1 aromatic rings. The number of nitro groups is 1. The number of aliphatic hydroxyl groups excluding tert-OH is 5. The van der Waals surface area contributed by atoms with E-state index in [-0.39, 0.29) is 18.0 Å². The maximum absolute atomic E-state index is 10.7. The van der Waals surface area contributed by atoms with Crippen LogP contribution >= 0.6 is 0 Å². The molecule has 2 aliphatic heterocycles. The fourth-order valence-corrected chi connectivity index (χ4v) is 3.07. The van der Waals surface area contributed by atoms with Crippen LogP contribution in [0.25, 0.3) is 0 Å². The molecule has 12 nitrogen and oxygen atoms in total. The third-order valence-corrected chi connectivity index (χ3v) is 4.85. The monoisotopic (exact) mass is 417 g/mol. The van der Waals surface area contributed by atoms with Gasteiger partial charge in [0.15, 0.2) is 6.29 Å². The van der Waals surface area contributed by atoms with Crippen molar-refractivity contribution < 1.29 is 49.4 Å². The highest BCUT2D eigenvalue weighted by Crippen LogP contribution is 2.27. The Morgan fingerprint density at radius 2 is 1.59 bits per heavy atom. The first-order chi connectivity index (χ1) is 13.7. The third-order valence-electron chi connectivity index (χ3n) is 4.85. The second kappa shape index (κ2) is 8.85. The predicted molar refractivity (Wildman–Crippen MR) is 92.7 cm³/mol. The van der Waals surface area contributed by atoms with Crippen molar-refractivity contribution in [3.63, 3.8) is 0 Å². The highest BCUT2D eigenvalue weighted by Gasteiger charge is 2.47. The summed E-state index contributed by atoms with van der Waals surface area (Å²) in [7, 11) is 0. The summed E-state index contributed by atoms with van der Waals surface area (Å²) in [6.07, 6.45) is -12.0.